The lowest BCUT2D eigenvalue weighted by Crippen LogP contribution is -2.34. The minimum atomic E-state index is -0.317. The van der Waals surface area contributed by atoms with Crippen LogP contribution in [0.25, 0.3) is 0 Å². The molecule has 2 amide bonds. The zero-order valence-corrected chi connectivity index (χ0v) is 13.3. The Morgan fingerprint density at radius 1 is 1.09 bits per heavy atom. The summed E-state index contributed by atoms with van der Waals surface area (Å²) in [5.74, 6) is -0.0998. The van der Waals surface area contributed by atoms with Gasteiger partial charge in [-0.15, -0.1) is 0 Å². The Labute approximate surface area is 138 Å². The van der Waals surface area contributed by atoms with E-state index >= 15 is 0 Å². The van der Waals surface area contributed by atoms with E-state index in [1.165, 1.54) is 13.2 Å². The summed E-state index contributed by atoms with van der Waals surface area (Å²) >= 11 is 5.89. The lowest BCUT2D eigenvalue weighted by Gasteiger charge is -2.10. The highest BCUT2D eigenvalue weighted by atomic mass is 35.5. The molecule has 0 unspecified atom stereocenters. The van der Waals surface area contributed by atoms with Gasteiger partial charge in [0, 0.05) is 36.1 Å². The van der Waals surface area contributed by atoms with E-state index in [4.69, 9.17) is 16.3 Å². The van der Waals surface area contributed by atoms with Crippen molar-refractivity contribution in [3.05, 3.63) is 58.9 Å². The maximum absolute atomic E-state index is 12.1. The molecule has 1 aromatic heterocycles. The van der Waals surface area contributed by atoms with Crippen LogP contribution in [-0.2, 0) is 0 Å². The monoisotopic (exact) mass is 333 g/mol. The summed E-state index contributed by atoms with van der Waals surface area (Å²) in [6, 6.07) is 8.04. The van der Waals surface area contributed by atoms with Gasteiger partial charge in [0.15, 0.2) is 0 Å². The number of hydrogen-bond donors (Lipinski definition) is 2. The molecule has 2 N–H and O–H groups in total. The average Bonchev–Trinajstić information content (AvgIpc) is 2.59. The van der Waals surface area contributed by atoms with E-state index in [0.29, 0.717) is 28.4 Å². The van der Waals surface area contributed by atoms with E-state index in [9.17, 15) is 9.59 Å². The van der Waals surface area contributed by atoms with Gasteiger partial charge in [-0.2, -0.15) is 0 Å². The van der Waals surface area contributed by atoms with Crippen LogP contribution < -0.4 is 15.4 Å². The Balaban J connectivity index is 1.84. The third kappa shape index (κ3) is 4.69. The molecule has 2 aromatic rings. The van der Waals surface area contributed by atoms with Crippen LogP contribution in [0.4, 0.5) is 0 Å². The molecule has 1 heterocycles. The smallest absolute Gasteiger partial charge is 0.255 e. The van der Waals surface area contributed by atoms with Crippen LogP contribution >= 0.6 is 11.6 Å². The number of nitrogens with one attached hydrogen (secondary N) is 2. The minimum absolute atomic E-state index is 0.220. The molecule has 0 radical (unpaired) electrons. The van der Waals surface area contributed by atoms with E-state index in [-0.39, 0.29) is 18.4 Å². The van der Waals surface area contributed by atoms with Crippen LogP contribution in [0.1, 0.15) is 20.7 Å². The highest BCUT2D eigenvalue weighted by Gasteiger charge is 2.12. The number of ether oxygens (including phenoxy) is 1. The first-order chi connectivity index (χ1) is 11.1. The van der Waals surface area contributed by atoms with Crippen molar-refractivity contribution >= 4 is 23.4 Å². The second-order valence-electron chi connectivity index (χ2n) is 4.59. The molecular formula is C16H16ClN3O3. The Kier molecular flexibility index (Phi) is 5.94. The highest BCUT2D eigenvalue weighted by Crippen LogP contribution is 2.22. The third-order valence-electron chi connectivity index (χ3n) is 3.04. The number of benzene rings is 1. The van der Waals surface area contributed by atoms with E-state index in [1.807, 2.05) is 0 Å². The molecule has 0 spiro atoms. The molecule has 6 nitrogen and oxygen atoms in total. The number of carbonyl (C=O) groups is 2. The topological polar surface area (TPSA) is 80.3 Å². The lowest BCUT2D eigenvalue weighted by molar-refractivity contribution is 0.0926. The normalized spacial score (nSPS) is 10.0. The van der Waals surface area contributed by atoms with Crippen molar-refractivity contribution in [2.24, 2.45) is 0 Å². The molecule has 7 heteroatoms. The van der Waals surface area contributed by atoms with Crippen LogP contribution in [0.3, 0.4) is 0 Å². The summed E-state index contributed by atoms with van der Waals surface area (Å²) < 4.78 is 5.13. The van der Waals surface area contributed by atoms with E-state index < -0.39 is 0 Å². The lowest BCUT2D eigenvalue weighted by atomic mass is 10.2. The van der Waals surface area contributed by atoms with Gasteiger partial charge in [-0.05, 0) is 30.3 Å². The second kappa shape index (κ2) is 8.14. The summed E-state index contributed by atoms with van der Waals surface area (Å²) in [5.41, 5.74) is 0.864. The molecule has 23 heavy (non-hydrogen) atoms. The number of pyridine rings is 1. The van der Waals surface area contributed by atoms with Gasteiger partial charge in [0.1, 0.15) is 5.75 Å². The van der Waals surface area contributed by atoms with Crippen LogP contribution in [0.15, 0.2) is 42.7 Å². The number of hydrogen-bond acceptors (Lipinski definition) is 4. The second-order valence-corrected chi connectivity index (χ2v) is 5.03. The van der Waals surface area contributed by atoms with Crippen molar-refractivity contribution in [2.75, 3.05) is 20.2 Å². The van der Waals surface area contributed by atoms with Gasteiger partial charge in [0.25, 0.3) is 11.8 Å². The van der Waals surface area contributed by atoms with Gasteiger partial charge in [0.05, 0.1) is 12.7 Å². The Bertz CT molecular complexity index is 692. The van der Waals surface area contributed by atoms with E-state index in [2.05, 4.69) is 15.6 Å². The van der Waals surface area contributed by atoms with Gasteiger partial charge in [-0.25, -0.2) is 0 Å². The average molecular weight is 334 g/mol. The van der Waals surface area contributed by atoms with Crippen molar-refractivity contribution in [2.45, 2.75) is 0 Å². The zero-order valence-electron chi connectivity index (χ0n) is 12.5. The molecule has 0 aliphatic heterocycles. The van der Waals surface area contributed by atoms with E-state index in [1.54, 1.807) is 36.7 Å². The largest absolute Gasteiger partial charge is 0.496 e. The molecule has 0 fully saturated rings. The summed E-state index contributed by atoms with van der Waals surface area (Å²) in [7, 11) is 1.48. The number of carbonyl (C=O) groups excluding carboxylic acids is 2. The first-order valence-electron chi connectivity index (χ1n) is 6.92. The maximum atomic E-state index is 12.1. The Morgan fingerprint density at radius 3 is 2.39 bits per heavy atom. The van der Waals surface area contributed by atoms with Crippen LogP contribution in [0.5, 0.6) is 5.75 Å². The summed E-state index contributed by atoms with van der Waals surface area (Å²) in [4.78, 5) is 27.8. The van der Waals surface area contributed by atoms with Crippen molar-refractivity contribution in [1.82, 2.24) is 15.6 Å². The predicted octanol–water partition coefficient (Wildman–Crippen LogP) is 1.90. The number of nitrogens with zero attached hydrogens (tertiary/aromatic N) is 1. The predicted molar refractivity (Wildman–Crippen MR) is 86.9 cm³/mol. The molecule has 0 saturated heterocycles. The fourth-order valence-electron chi connectivity index (χ4n) is 1.91. The number of methoxy groups -OCH3 is 1. The number of halogens is 1. The standard InChI is InChI=1S/C16H16ClN3O3/c1-23-14-3-2-12(17)10-13(14)16(22)20-9-8-19-15(21)11-4-6-18-7-5-11/h2-7,10H,8-9H2,1H3,(H,19,21)(H,20,22). The van der Waals surface area contributed by atoms with Gasteiger partial charge in [0.2, 0.25) is 0 Å². The first kappa shape index (κ1) is 16.8. The third-order valence-corrected chi connectivity index (χ3v) is 3.28. The summed E-state index contributed by atoms with van der Waals surface area (Å²) in [6.07, 6.45) is 3.09. The molecule has 0 aliphatic carbocycles. The van der Waals surface area contributed by atoms with E-state index in [0.717, 1.165) is 0 Å². The van der Waals surface area contributed by atoms with Crippen LogP contribution in [0.2, 0.25) is 5.02 Å². The van der Waals surface area contributed by atoms with Crippen LogP contribution in [0, 0.1) is 0 Å². The molecule has 120 valence electrons. The number of aromatic nitrogens is 1. The zero-order chi connectivity index (χ0) is 16.7. The molecular weight excluding hydrogens is 318 g/mol. The van der Waals surface area contributed by atoms with Gasteiger partial charge in [-0.3, -0.25) is 14.6 Å². The number of rotatable bonds is 6. The quantitative estimate of drug-likeness (QED) is 0.791. The van der Waals surface area contributed by atoms with Gasteiger partial charge < -0.3 is 15.4 Å². The van der Waals surface area contributed by atoms with Gasteiger partial charge >= 0.3 is 0 Å². The van der Waals surface area contributed by atoms with Crippen molar-refractivity contribution in [1.29, 1.82) is 0 Å². The fourth-order valence-corrected chi connectivity index (χ4v) is 2.08. The summed E-state index contributed by atoms with van der Waals surface area (Å²) in [6.45, 7) is 0.584. The van der Waals surface area contributed by atoms with Crippen molar-refractivity contribution in [3.8, 4) is 5.75 Å². The molecule has 0 aliphatic rings. The molecule has 0 saturated carbocycles. The molecule has 0 atom stereocenters. The molecule has 1 aromatic carbocycles. The summed E-state index contributed by atoms with van der Waals surface area (Å²) in [5, 5.41) is 5.86. The number of amides is 2. The molecule has 2 rings (SSSR count). The van der Waals surface area contributed by atoms with Crippen molar-refractivity contribution < 1.29 is 14.3 Å². The first-order valence-corrected chi connectivity index (χ1v) is 7.29. The fraction of sp³-hybridized carbons (Fsp3) is 0.188. The molecule has 0 bridgehead atoms. The Hall–Kier alpha value is -2.60. The highest BCUT2D eigenvalue weighted by molar-refractivity contribution is 6.31. The maximum Gasteiger partial charge on any atom is 0.255 e. The van der Waals surface area contributed by atoms with Crippen molar-refractivity contribution in [3.63, 3.8) is 0 Å². The van der Waals surface area contributed by atoms with Crippen LogP contribution in [-0.4, -0.2) is 37.0 Å². The van der Waals surface area contributed by atoms with Gasteiger partial charge in [-0.1, -0.05) is 11.6 Å². The Morgan fingerprint density at radius 2 is 1.74 bits per heavy atom. The SMILES string of the molecule is COc1ccc(Cl)cc1C(=O)NCCNC(=O)c1ccncc1. The minimum Gasteiger partial charge on any atom is -0.496 e.